The first kappa shape index (κ1) is 12.9. The molecule has 0 radical (unpaired) electrons. The van der Waals surface area contributed by atoms with Crippen molar-refractivity contribution in [2.75, 3.05) is 0 Å². The molecule has 1 heterocycles. The number of hydrazine groups is 1. The predicted octanol–water partition coefficient (Wildman–Crippen LogP) is 3.92. The van der Waals surface area contributed by atoms with Gasteiger partial charge in [-0.2, -0.15) is 0 Å². The van der Waals surface area contributed by atoms with E-state index in [2.05, 4.69) is 5.43 Å². The molecule has 5 heteroatoms. The summed E-state index contributed by atoms with van der Waals surface area (Å²) >= 11 is 13.7. The summed E-state index contributed by atoms with van der Waals surface area (Å²) in [5.74, 6) is 5.62. The standard InChI is InChI=1S/C12H12Cl2N2S/c1-7-6-8(2-3-9(7)13)11(16-15)12-10(14)4-5-17-12/h2-6,11,16H,15H2,1H3. The van der Waals surface area contributed by atoms with E-state index in [1.807, 2.05) is 36.6 Å². The van der Waals surface area contributed by atoms with Crippen LogP contribution in [0.1, 0.15) is 22.0 Å². The van der Waals surface area contributed by atoms with Crippen LogP contribution in [0.3, 0.4) is 0 Å². The lowest BCUT2D eigenvalue weighted by Gasteiger charge is -2.16. The van der Waals surface area contributed by atoms with Crippen LogP contribution in [0.2, 0.25) is 10.0 Å². The molecule has 2 aromatic rings. The minimum atomic E-state index is -0.0986. The van der Waals surface area contributed by atoms with Gasteiger partial charge in [0.05, 0.1) is 11.1 Å². The fourth-order valence-corrected chi connectivity index (χ4v) is 3.05. The number of aryl methyl sites for hydroxylation is 1. The second-order valence-corrected chi connectivity index (χ2v) is 5.50. The lowest BCUT2D eigenvalue weighted by Crippen LogP contribution is -2.28. The van der Waals surface area contributed by atoms with E-state index in [4.69, 9.17) is 29.0 Å². The van der Waals surface area contributed by atoms with E-state index in [1.54, 1.807) is 11.3 Å². The maximum Gasteiger partial charge on any atom is 0.0817 e. The molecule has 0 aliphatic carbocycles. The average Bonchev–Trinajstić information content (AvgIpc) is 2.71. The van der Waals surface area contributed by atoms with Crippen LogP contribution in [0.4, 0.5) is 0 Å². The van der Waals surface area contributed by atoms with Gasteiger partial charge in [-0.1, -0.05) is 35.3 Å². The van der Waals surface area contributed by atoms with E-state index in [9.17, 15) is 0 Å². The molecule has 2 nitrogen and oxygen atoms in total. The Morgan fingerprint density at radius 1 is 1.24 bits per heavy atom. The molecule has 0 aliphatic heterocycles. The van der Waals surface area contributed by atoms with E-state index in [-0.39, 0.29) is 6.04 Å². The molecule has 0 spiro atoms. The zero-order valence-corrected chi connectivity index (χ0v) is 11.5. The Morgan fingerprint density at radius 2 is 2.00 bits per heavy atom. The number of nitrogens with one attached hydrogen (secondary N) is 1. The van der Waals surface area contributed by atoms with Crippen molar-refractivity contribution in [2.24, 2.45) is 5.84 Å². The first-order valence-electron chi connectivity index (χ1n) is 5.08. The van der Waals surface area contributed by atoms with Gasteiger partial charge in [0.2, 0.25) is 0 Å². The molecule has 0 bridgehead atoms. The highest BCUT2D eigenvalue weighted by Gasteiger charge is 2.17. The van der Waals surface area contributed by atoms with Crippen LogP contribution >= 0.6 is 34.5 Å². The molecular weight excluding hydrogens is 275 g/mol. The molecule has 2 rings (SSSR count). The third kappa shape index (κ3) is 2.64. The normalized spacial score (nSPS) is 12.7. The highest BCUT2D eigenvalue weighted by molar-refractivity contribution is 7.10. The fraction of sp³-hybridized carbons (Fsp3) is 0.167. The summed E-state index contributed by atoms with van der Waals surface area (Å²) in [4.78, 5) is 1.01. The molecule has 1 aromatic carbocycles. The van der Waals surface area contributed by atoms with Crippen LogP contribution in [-0.4, -0.2) is 0 Å². The van der Waals surface area contributed by atoms with E-state index < -0.39 is 0 Å². The zero-order chi connectivity index (χ0) is 12.4. The largest absolute Gasteiger partial charge is 0.271 e. The van der Waals surface area contributed by atoms with E-state index in [0.29, 0.717) is 0 Å². The number of rotatable bonds is 3. The van der Waals surface area contributed by atoms with E-state index >= 15 is 0 Å². The van der Waals surface area contributed by atoms with Gasteiger partial charge in [-0.15, -0.1) is 11.3 Å². The molecule has 0 saturated carbocycles. The van der Waals surface area contributed by atoms with Gasteiger partial charge in [0.15, 0.2) is 0 Å². The Hall–Kier alpha value is -0.580. The Morgan fingerprint density at radius 3 is 2.53 bits per heavy atom. The first-order valence-corrected chi connectivity index (χ1v) is 6.72. The highest BCUT2D eigenvalue weighted by atomic mass is 35.5. The van der Waals surface area contributed by atoms with Gasteiger partial charge in [0.1, 0.15) is 0 Å². The van der Waals surface area contributed by atoms with Gasteiger partial charge in [-0.3, -0.25) is 5.84 Å². The van der Waals surface area contributed by atoms with Crippen molar-refractivity contribution in [3.05, 3.63) is 55.7 Å². The maximum absolute atomic E-state index is 6.12. The fourth-order valence-electron chi connectivity index (χ4n) is 1.68. The number of thiophene rings is 1. The van der Waals surface area contributed by atoms with Gasteiger partial charge < -0.3 is 0 Å². The topological polar surface area (TPSA) is 38.0 Å². The number of hydrogen-bond acceptors (Lipinski definition) is 3. The lowest BCUT2D eigenvalue weighted by molar-refractivity contribution is 0.646. The van der Waals surface area contributed by atoms with E-state index in [1.165, 1.54) is 0 Å². The smallest absolute Gasteiger partial charge is 0.0817 e. The van der Waals surface area contributed by atoms with Crippen molar-refractivity contribution in [2.45, 2.75) is 13.0 Å². The van der Waals surface area contributed by atoms with Gasteiger partial charge in [-0.05, 0) is 35.6 Å². The molecule has 0 saturated heterocycles. The quantitative estimate of drug-likeness (QED) is 0.663. The van der Waals surface area contributed by atoms with Crippen LogP contribution in [0.15, 0.2) is 29.6 Å². The molecule has 0 aliphatic rings. The number of halogens is 2. The van der Waals surface area contributed by atoms with Crippen LogP contribution in [0.5, 0.6) is 0 Å². The van der Waals surface area contributed by atoms with Gasteiger partial charge in [0.25, 0.3) is 0 Å². The highest BCUT2D eigenvalue weighted by Crippen LogP contribution is 2.33. The SMILES string of the molecule is Cc1cc(C(NN)c2sccc2Cl)ccc1Cl. The first-order chi connectivity index (χ1) is 8.13. The van der Waals surface area contributed by atoms with E-state index in [0.717, 1.165) is 26.0 Å². The van der Waals surface area contributed by atoms with Crippen molar-refractivity contribution in [1.82, 2.24) is 5.43 Å². The molecule has 0 amide bonds. The molecule has 3 N–H and O–H groups in total. The molecule has 1 atom stereocenters. The maximum atomic E-state index is 6.12. The molecule has 90 valence electrons. The summed E-state index contributed by atoms with van der Waals surface area (Å²) in [5, 5.41) is 3.43. The average molecular weight is 287 g/mol. The van der Waals surface area contributed by atoms with Crippen molar-refractivity contribution in [3.8, 4) is 0 Å². The van der Waals surface area contributed by atoms with Crippen molar-refractivity contribution in [1.29, 1.82) is 0 Å². The van der Waals surface area contributed by atoms with Crippen LogP contribution in [0, 0.1) is 6.92 Å². The summed E-state index contributed by atoms with van der Waals surface area (Å²) in [6, 6.07) is 7.62. The Bertz CT molecular complexity index is 525. The second-order valence-electron chi connectivity index (χ2n) is 3.74. The van der Waals surface area contributed by atoms with Crippen LogP contribution in [-0.2, 0) is 0 Å². The Labute approximate surface area is 114 Å². The second kappa shape index (κ2) is 5.38. The predicted molar refractivity (Wildman–Crippen MR) is 74.7 cm³/mol. The molecule has 1 unspecified atom stereocenters. The lowest BCUT2D eigenvalue weighted by atomic mass is 10.0. The van der Waals surface area contributed by atoms with Gasteiger partial charge >= 0.3 is 0 Å². The minimum Gasteiger partial charge on any atom is -0.271 e. The van der Waals surface area contributed by atoms with Gasteiger partial charge in [-0.25, -0.2) is 5.43 Å². The Balaban J connectivity index is 2.42. The van der Waals surface area contributed by atoms with Crippen LogP contribution < -0.4 is 11.3 Å². The summed E-state index contributed by atoms with van der Waals surface area (Å²) in [5.41, 5.74) is 4.87. The number of hydrogen-bond donors (Lipinski definition) is 2. The van der Waals surface area contributed by atoms with Gasteiger partial charge in [0, 0.05) is 9.90 Å². The third-order valence-corrected chi connectivity index (χ3v) is 4.44. The molecule has 1 aromatic heterocycles. The summed E-state index contributed by atoms with van der Waals surface area (Å²) < 4.78 is 0. The number of nitrogens with two attached hydrogens (primary N) is 1. The van der Waals surface area contributed by atoms with Crippen LogP contribution in [0.25, 0.3) is 0 Å². The zero-order valence-electron chi connectivity index (χ0n) is 9.21. The Kier molecular flexibility index (Phi) is 4.07. The number of benzene rings is 1. The molecule has 17 heavy (non-hydrogen) atoms. The monoisotopic (exact) mass is 286 g/mol. The summed E-state index contributed by atoms with van der Waals surface area (Å²) in [7, 11) is 0. The summed E-state index contributed by atoms with van der Waals surface area (Å²) in [6.45, 7) is 1.97. The molecular formula is C12H12Cl2N2S. The summed E-state index contributed by atoms with van der Waals surface area (Å²) in [6.07, 6.45) is 0. The minimum absolute atomic E-state index is 0.0986. The van der Waals surface area contributed by atoms with Crippen molar-refractivity contribution in [3.63, 3.8) is 0 Å². The van der Waals surface area contributed by atoms with Crippen molar-refractivity contribution >= 4 is 34.5 Å². The van der Waals surface area contributed by atoms with Crippen molar-refractivity contribution < 1.29 is 0 Å². The third-order valence-electron chi connectivity index (χ3n) is 2.59. The molecule has 0 fully saturated rings.